The van der Waals surface area contributed by atoms with Crippen molar-refractivity contribution in [1.82, 2.24) is 0 Å². The Labute approximate surface area is 140 Å². The Kier molecular flexibility index (Phi) is 5.53. The third kappa shape index (κ3) is 4.04. The molecule has 23 heavy (non-hydrogen) atoms. The van der Waals surface area contributed by atoms with Crippen LogP contribution in [0.4, 0.5) is 17.3 Å². The molecule has 0 spiro atoms. The number of rotatable bonds is 4. The quantitative estimate of drug-likeness (QED) is 0.800. The number of aromatic amines is 1. The lowest BCUT2D eigenvalue weighted by Crippen LogP contribution is -2.43. The molecule has 2 aliphatic rings. The summed E-state index contributed by atoms with van der Waals surface area (Å²) in [5, 5.41) is 2.86. The van der Waals surface area contributed by atoms with Gasteiger partial charge >= 0.3 is 0 Å². The lowest BCUT2D eigenvalue weighted by atomic mass is 10.3. The summed E-state index contributed by atoms with van der Waals surface area (Å²) in [6.07, 6.45) is 0. The van der Waals surface area contributed by atoms with E-state index in [9.17, 15) is 4.79 Å². The molecule has 126 valence electrons. The van der Waals surface area contributed by atoms with E-state index in [-0.39, 0.29) is 11.8 Å². The second kappa shape index (κ2) is 7.81. The minimum Gasteiger partial charge on any atom is -0.375 e. The highest BCUT2D eigenvalue weighted by atomic mass is 35.5. The molecule has 0 aliphatic carbocycles. The lowest BCUT2D eigenvalue weighted by molar-refractivity contribution is -0.350. The van der Waals surface area contributed by atoms with Gasteiger partial charge in [0.05, 0.1) is 52.6 Å². The first-order valence-electron chi connectivity index (χ1n) is 7.85. The first-order chi connectivity index (χ1) is 11.3. The summed E-state index contributed by atoms with van der Waals surface area (Å²) in [6, 6.07) is 3.91. The van der Waals surface area contributed by atoms with Crippen molar-refractivity contribution in [3.63, 3.8) is 0 Å². The minimum absolute atomic E-state index is 0.0617. The average molecular weight is 342 g/mol. The van der Waals surface area contributed by atoms with Gasteiger partial charge in [-0.3, -0.25) is 14.6 Å². The average Bonchev–Trinajstić information content (AvgIpc) is 2.63. The van der Waals surface area contributed by atoms with Crippen LogP contribution in [0.25, 0.3) is 0 Å². The van der Waals surface area contributed by atoms with Crippen LogP contribution in [0, 0.1) is 0 Å². The molecule has 0 radical (unpaired) electrons. The topological polar surface area (TPSA) is 68.2 Å². The highest BCUT2D eigenvalue weighted by Crippen LogP contribution is 2.24. The summed E-state index contributed by atoms with van der Waals surface area (Å²) in [7, 11) is 0. The number of hydrogen-bond donors (Lipinski definition) is 1. The second-order valence-corrected chi connectivity index (χ2v) is 5.75. The molecule has 1 aromatic rings. The zero-order valence-electron chi connectivity index (χ0n) is 13.0. The highest BCUT2D eigenvalue weighted by molar-refractivity contribution is 6.29. The summed E-state index contributed by atoms with van der Waals surface area (Å²) in [6.45, 7) is 6.09. The number of nitrogens with one attached hydrogen (secondary N) is 2. The molecule has 2 N–H and O–H groups in total. The monoisotopic (exact) mass is 341 g/mol. The smallest absolute Gasteiger partial charge is 0.245 e. The molecule has 2 aliphatic heterocycles. The van der Waals surface area contributed by atoms with Gasteiger partial charge in [-0.2, -0.15) is 0 Å². The predicted octanol–water partition coefficient (Wildman–Crippen LogP) is 0.351. The molecule has 0 saturated carbocycles. The molecular formula is C15H22ClN4O3+. The Balaban J connectivity index is 1.87. The van der Waals surface area contributed by atoms with E-state index in [1.54, 1.807) is 0 Å². The van der Waals surface area contributed by atoms with Crippen LogP contribution in [0.1, 0.15) is 0 Å². The molecule has 0 atom stereocenters. The van der Waals surface area contributed by atoms with Crippen LogP contribution in [0.3, 0.4) is 0 Å². The van der Waals surface area contributed by atoms with Crippen LogP contribution < -0.4 is 20.1 Å². The summed E-state index contributed by atoms with van der Waals surface area (Å²) in [4.78, 5) is 19.6. The molecule has 0 aromatic carbocycles. The van der Waals surface area contributed by atoms with Crippen molar-refractivity contribution in [1.29, 1.82) is 0 Å². The van der Waals surface area contributed by atoms with Crippen molar-refractivity contribution in [2.24, 2.45) is 0 Å². The Morgan fingerprint density at radius 2 is 1.70 bits per heavy atom. The van der Waals surface area contributed by atoms with Crippen molar-refractivity contribution in [3.8, 4) is 0 Å². The molecule has 2 saturated heterocycles. The number of ether oxygens (including phenoxy) is 2. The molecule has 8 heteroatoms. The number of aromatic nitrogens is 1. The number of halogens is 1. The van der Waals surface area contributed by atoms with E-state index >= 15 is 0 Å². The summed E-state index contributed by atoms with van der Waals surface area (Å²) in [5.41, 5.74) is 0.745. The Bertz CT molecular complexity index is 546. The largest absolute Gasteiger partial charge is 0.375 e. The number of carbonyl (C=O) groups is 1. The van der Waals surface area contributed by atoms with Gasteiger partial charge in [-0.25, -0.2) is 4.98 Å². The maximum absolute atomic E-state index is 11.7. The third-order valence-electron chi connectivity index (χ3n) is 3.98. The van der Waals surface area contributed by atoms with E-state index in [1.165, 1.54) is 0 Å². The van der Waals surface area contributed by atoms with Gasteiger partial charge in [-0.1, -0.05) is 0 Å². The normalized spacial score (nSPS) is 18.8. The summed E-state index contributed by atoms with van der Waals surface area (Å²) in [5.74, 6) is 1.65. The first kappa shape index (κ1) is 16.3. The Morgan fingerprint density at radius 3 is 2.30 bits per heavy atom. The van der Waals surface area contributed by atoms with Gasteiger partial charge in [-0.15, -0.1) is 11.6 Å². The van der Waals surface area contributed by atoms with Crippen molar-refractivity contribution >= 4 is 34.8 Å². The fraction of sp³-hybridized carbons (Fsp3) is 0.600. The van der Waals surface area contributed by atoms with E-state index in [0.717, 1.165) is 56.7 Å². The molecule has 7 nitrogen and oxygen atoms in total. The number of hydrogen-bond acceptors (Lipinski definition) is 5. The van der Waals surface area contributed by atoms with Crippen LogP contribution in [0.5, 0.6) is 0 Å². The highest BCUT2D eigenvalue weighted by Gasteiger charge is 2.25. The zero-order valence-corrected chi connectivity index (χ0v) is 13.8. The van der Waals surface area contributed by atoms with Crippen molar-refractivity contribution in [2.75, 3.05) is 73.6 Å². The number of pyridine rings is 1. The number of H-pyrrole nitrogens is 1. The summed E-state index contributed by atoms with van der Waals surface area (Å²) < 4.78 is 10.8. The van der Waals surface area contributed by atoms with Gasteiger partial charge in [0.25, 0.3) is 0 Å². The van der Waals surface area contributed by atoms with E-state index in [1.807, 2.05) is 12.1 Å². The standard InChI is InChI=1S/C15H21ClN4O3/c16-11-14(21)17-12-1-2-13(19-3-7-22-8-4-19)18-15(12)20-5-9-23-10-6-20/h1-2H,3-11H2,(H,17,21)/p+1. The number of anilines is 3. The number of carbonyl (C=O) groups excluding carboxylic acids is 1. The first-order valence-corrected chi connectivity index (χ1v) is 8.39. The Morgan fingerprint density at radius 1 is 1.09 bits per heavy atom. The molecule has 0 bridgehead atoms. The second-order valence-electron chi connectivity index (χ2n) is 5.49. The van der Waals surface area contributed by atoms with Gasteiger partial charge < -0.3 is 14.8 Å². The maximum Gasteiger partial charge on any atom is 0.245 e. The minimum atomic E-state index is -0.214. The van der Waals surface area contributed by atoms with Gasteiger partial charge in [0.1, 0.15) is 11.6 Å². The molecular weight excluding hydrogens is 320 g/mol. The molecule has 3 rings (SSSR count). The molecule has 1 amide bonds. The van der Waals surface area contributed by atoms with E-state index in [2.05, 4.69) is 20.1 Å². The van der Waals surface area contributed by atoms with Gasteiger partial charge in [-0.05, 0) is 6.07 Å². The van der Waals surface area contributed by atoms with Crippen LogP contribution in [-0.4, -0.2) is 64.4 Å². The fourth-order valence-electron chi connectivity index (χ4n) is 2.78. The molecule has 3 heterocycles. The van der Waals surface area contributed by atoms with Crippen molar-refractivity contribution < 1.29 is 19.3 Å². The third-order valence-corrected chi connectivity index (χ3v) is 4.23. The predicted molar refractivity (Wildman–Crippen MR) is 88.4 cm³/mol. The van der Waals surface area contributed by atoms with Gasteiger partial charge in [0, 0.05) is 6.07 Å². The number of alkyl halides is 1. The maximum atomic E-state index is 11.7. The fourth-order valence-corrected chi connectivity index (χ4v) is 2.85. The van der Waals surface area contributed by atoms with Crippen LogP contribution in [-0.2, 0) is 14.3 Å². The molecule has 2 fully saturated rings. The number of amides is 1. The zero-order chi connectivity index (χ0) is 16.1. The van der Waals surface area contributed by atoms with E-state index in [0.29, 0.717) is 13.2 Å². The van der Waals surface area contributed by atoms with Gasteiger partial charge in [0.2, 0.25) is 17.5 Å². The molecule has 0 unspecified atom stereocenters. The van der Waals surface area contributed by atoms with Crippen molar-refractivity contribution in [2.45, 2.75) is 0 Å². The number of morpholine rings is 2. The lowest BCUT2D eigenvalue weighted by Gasteiger charge is -2.28. The van der Waals surface area contributed by atoms with E-state index < -0.39 is 0 Å². The van der Waals surface area contributed by atoms with Crippen LogP contribution in [0.2, 0.25) is 0 Å². The van der Waals surface area contributed by atoms with Crippen LogP contribution in [0.15, 0.2) is 12.1 Å². The van der Waals surface area contributed by atoms with Gasteiger partial charge in [0.15, 0.2) is 0 Å². The van der Waals surface area contributed by atoms with E-state index in [4.69, 9.17) is 21.1 Å². The Hall–Kier alpha value is -1.57. The van der Waals surface area contributed by atoms with Crippen molar-refractivity contribution in [3.05, 3.63) is 12.1 Å². The number of nitrogens with zero attached hydrogens (tertiary/aromatic N) is 2. The summed E-state index contributed by atoms with van der Waals surface area (Å²) >= 11 is 5.62. The SMILES string of the molecule is O=C(CCl)Nc1ccc(N2CCOCC2)[nH+]c1N1CCOCC1. The molecule has 1 aromatic heterocycles. The van der Waals surface area contributed by atoms with Crippen LogP contribution >= 0.6 is 11.6 Å².